The maximum Gasteiger partial charge on any atom is 0.260 e. The molecule has 2 aromatic rings. The Morgan fingerprint density at radius 3 is 1.93 bits per heavy atom. The van der Waals surface area contributed by atoms with Crippen molar-refractivity contribution in [2.75, 3.05) is 75.8 Å². The van der Waals surface area contributed by atoms with E-state index in [1.54, 1.807) is 0 Å². The van der Waals surface area contributed by atoms with Crippen LogP contribution in [-0.4, -0.2) is 91.9 Å². The number of piperazine rings is 2. The first-order valence-electron chi connectivity index (χ1n) is 10.2. The molecular weight excluding hydrogens is 368 g/mol. The average molecular weight is 396 g/mol. The van der Waals surface area contributed by atoms with Crippen molar-refractivity contribution < 1.29 is 9.53 Å². The van der Waals surface area contributed by atoms with Crippen molar-refractivity contribution in [1.82, 2.24) is 20.0 Å². The van der Waals surface area contributed by atoms with E-state index in [0.29, 0.717) is 13.1 Å². The Balaban J connectivity index is 1.25. The second-order valence-electron chi connectivity index (χ2n) is 7.51. The lowest BCUT2D eigenvalue weighted by Gasteiger charge is -2.35. The predicted molar refractivity (Wildman–Crippen MR) is 112 cm³/mol. The van der Waals surface area contributed by atoms with Gasteiger partial charge in [-0.15, -0.1) is 10.2 Å². The molecule has 0 unspecified atom stereocenters. The molecule has 0 spiro atoms. The number of amides is 1. The van der Waals surface area contributed by atoms with Gasteiger partial charge >= 0.3 is 0 Å². The number of benzene rings is 1. The van der Waals surface area contributed by atoms with E-state index < -0.39 is 0 Å². The van der Waals surface area contributed by atoms with Crippen LogP contribution in [0.3, 0.4) is 0 Å². The summed E-state index contributed by atoms with van der Waals surface area (Å²) in [7, 11) is 2.14. The monoisotopic (exact) mass is 396 g/mol. The van der Waals surface area contributed by atoms with Crippen molar-refractivity contribution >= 4 is 17.5 Å². The summed E-state index contributed by atoms with van der Waals surface area (Å²) in [6, 6.07) is 13.5. The number of nitrogens with zero attached hydrogens (tertiary/aromatic N) is 6. The second-order valence-corrected chi connectivity index (χ2v) is 7.51. The number of carbonyl (C=O) groups is 1. The molecule has 0 N–H and O–H groups in total. The van der Waals surface area contributed by atoms with Crippen molar-refractivity contribution in [3.63, 3.8) is 0 Å². The summed E-state index contributed by atoms with van der Waals surface area (Å²) in [5.74, 6) is 2.55. The molecule has 1 aromatic heterocycles. The van der Waals surface area contributed by atoms with Crippen LogP contribution in [0.4, 0.5) is 11.6 Å². The highest BCUT2D eigenvalue weighted by atomic mass is 16.5. The quantitative estimate of drug-likeness (QED) is 0.746. The molecule has 0 saturated carbocycles. The molecule has 8 heteroatoms. The zero-order valence-corrected chi connectivity index (χ0v) is 16.9. The van der Waals surface area contributed by atoms with Gasteiger partial charge in [0.25, 0.3) is 5.91 Å². The lowest BCUT2D eigenvalue weighted by Crippen LogP contribution is -2.50. The number of ether oxygens (including phenoxy) is 1. The predicted octanol–water partition coefficient (Wildman–Crippen LogP) is 0.956. The molecule has 2 saturated heterocycles. The van der Waals surface area contributed by atoms with Crippen molar-refractivity contribution in [2.24, 2.45) is 0 Å². The minimum atomic E-state index is 0.0185. The Morgan fingerprint density at radius 2 is 1.38 bits per heavy atom. The van der Waals surface area contributed by atoms with E-state index in [1.807, 2.05) is 41.3 Å². The fraction of sp³-hybridized carbons (Fsp3) is 0.476. The van der Waals surface area contributed by atoms with E-state index in [2.05, 4.69) is 38.0 Å². The fourth-order valence-corrected chi connectivity index (χ4v) is 3.63. The molecule has 4 rings (SSSR count). The van der Waals surface area contributed by atoms with E-state index in [4.69, 9.17) is 4.74 Å². The van der Waals surface area contributed by atoms with Crippen LogP contribution in [0.2, 0.25) is 0 Å². The first-order valence-corrected chi connectivity index (χ1v) is 10.2. The Hall–Kier alpha value is -2.87. The number of carbonyl (C=O) groups excluding carboxylic acids is 1. The van der Waals surface area contributed by atoms with E-state index in [1.165, 1.54) is 0 Å². The molecule has 2 aliphatic rings. The summed E-state index contributed by atoms with van der Waals surface area (Å²) in [5, 5.41) is 8.87. The average Bonchev–Trinajstić information content (AvgIpc) is 2.79. The minimum absolute atomic E-state index is 0.0185. The summed E-state index contributed by atoms with van der Waals surface area (Å²) >= 11 is 0. The Kier molecular flexibility index (Phi) is 6.09. The zero-order chi connectivity index (χ0) is 20.1. The minimum Gasteiger partial charge on any atom is -0.484 e. The van der Waals surface area contributed by atoms with Crippen LogP contribution in [0.25, 0.3) is 0 Å². The molecule has 0 radical (unpaired) electrons. The normalized spacial score (nSPS) is 18.0. The Morgan fingerprint density at radius 1 is 0.828 bits per heavy atom. The summed E-state index contributed by atoms with van der Waals surface area (Å²) in [5.41, 5.74) is 0. The highest BCUT2D eigenvalue weighted by Gasteiger charge is 2.23. The fourth-order valence-electron chi connectivity index (χ4n) is 3.63. The number of para-hydroxylation sites is 1. The summed E-state index contributed by atoms with van der Waals surface area (Å²) < 4.78 is 5.58. The van der Waals surface area contributed by atoms with E-state index >= 15 is 0 Å². The molecule has 0 aliphatic carbocycles. The van der Waals surface area contributed by atoms with Gasteiger partial charge in [0.1, 0.15) is 5.75 Å². The molecule has 1 amide bonds. The molecule has 3 heterocycles. The van der Waals surface area contributed by atoms with Crippen LogP contribution in [0.15, 0.2) is 42.5 Å². The maximum absolute atomic E-state index is 12.4. The van der Waals surface area contributed by atoms with Gasteiger partial charge in [-0.1, -0.05) is 18.2 Å². The smallest absolute Gasteiger partial charge is 0.260 e. The van der Waals surface area contributed by atoms with E-state index in [-0.39, 0.29) is 12.5 Å². The maximum atomic E-state index is 12.4. The number of aromatic nitrogens is 2. The van der Waals surface area contributed by atoms with Crippen LogP contribution < -0.4 is 14.5 Å². The lowest BCUT2D eigenvalue weighted by molar-refractivity contribution is -0.133. The first-order chi connectivity index (χ1) is 14.2. The van der Waals surface area contributed by atoms with Crippen molar-refractivity contribution in [1.29, 1.82) is 0 Å². The third-order valence-corrected chi connectivity index (χ3v) is 5.53. The third-order valence-electron chi connectivity index (χ3n) is 5.53. The van der Waals surface area contributed by atoms with Crippen LogP contribution >= 0.6 is 0 Å². The summed E-state index contributed by atoms with van der Waals surface area (Å²) in [6.45, 7) is 6.97. The number of rotatable bonds is 5. The lowest BCUT2D eigenvalue weighted by atomic mass is 10.3. The molecule has 29 heavy (non-hydrogen) atoms. The highest BCUT2D eigenvalue weighted by molar-refractivity contribution is 5.78. The Bertz CT molecular complexity index is 785. The summed E-state index contributed by atoms with van der Waals surface area (Å²) in [6.07, 6.45) is 0. The van der Waals surface area contributed by atoms with Gasteiger partial charge in [0.15, 0.2) is 18.2 Å². The van der Waals surface area contributed by atoms with Crippen molar-refractivity contribution in [3.8, 4) is 5.75 Å². The second kappa shape index (κ2) is 9.09. The van der Waals surface area contributed by atoms with Gasteiger partial charge in [-0.3, -0.25) is 4.79 Å². The van der Waals surface area contributed by atoms with Gasteiger partial charge in [-0.2, -0.15) is 0 Å². The molecule has 8 nitrogen and oxygen atoms in total. The van der Waals surface area contributed by atoms with E-state index in [0.717, 1.165) is 56.7 Å². The van der Waals surface area contributed by atoms with Crippen LogP contribution in [-0.2, 0) is 4.79 Å². The van der Waals surface area contributed by atoms with Gasteiger partial charge < -0.3 is 24.3 Å². The molecule has 1 aromatic carbocycles. The number of hydrogen-bond donors (Lipinski definition) is 0. The van der Waals surface area contributed by atoms with Crippen LogP contribution in [0.1, 0.15) is 0 Å². The zero-order valence-electron chi connectivity index (χ0n) is 16.9. The number of hydrogen-bond acceptors (Lipinski definition) is 7. The molecule has 0 atom stereocenters. The third kappa shape index (κ3) is 4.95. The molecule has 0 bridgehead atoms. The van der Waals surface area contributed by atoms with Gasteiger partial charge in [-0.25, -0.2) is 0 Å². The van der Waals surface area contributed by atoms with Crippen molar-refractivity contribution in [3.05, 3.63) is 42.5 Å². The highest BCUT2D eigenvalue weighted by Crippen LogP contribution is 2.18. The Labute approximate surface area is 171 Å². The molecule has 154 valence electrons. The van der Waals surface area contributed by atoms with Gasteiger partial charge in [0, 0.05) is 52.4 Å². The van der Waals surface area contributed by atoms with Gasteiger partial charge in [0.05, 0.1) is 0 Å². The first kappa shape index (κ1) is 19.4. The van der Waals surface area contributed by atoms with E-state index in [9.17, 15) is 4.79 Å². The number of likely N-dealkylation sites (N-methyl/N-ethyl adjacent to an activating group) is 1. The van der Waals surface area contributed by atoms with Gasteiger partial charge in [-0.05, 0) is 31.3 Å². The van der Waals surface area contributed by atoms with Gasteiger partial charge in [0.2, 0.25) is 0 Å². The standard InChI is InChI=1S/C21H28N6O2/c1-24-9-11-25(12-10-24)19-7-8-20(23-22-19)26-13-15-27(16-14-26)21(28)17-29-18-5-3-2-4-6-18/h2-8H,9-17H2,1H3. The largest absolute Gasteiger partial charge is 0.484 e. The molecule has 2 aliphatic heterocycles. The molecule has 2 fully saturated rings. The number of anilines is 2. The summed E-state index contributed by atoms with van der Waals surface area (Å²) in [4.78, 5) is 21.0. The SMILES string of the molecule is CN1CCN(c2ccc(N3CCN(C(=O)COc4ccccc4)CC3)nn2)CC1. The topological polar surface area (TPSA) is 65.0 Å². The van der Waals surface area contributed by atoms with Crippen LogP contribution in [0.5, 0.6) is 5.75 Å². The van der Waals surface area contributed by atoms with Crippen molar-refractivity contribution in [2.45, 2.75) is 0 Å². The molecular formula is C21H28N6O2. The van der Waals surface area contributed by atoms with Crippen LogP contribution in [0, 0.1) is 0 Å².